The molecule has 1 saturated heterocycles. The maximum absolute atomic E-state index is 10.7. The van der Waals surface area contributed by atoms with Crippen molar-refractivity contribution >= 4 is 5.97 Å². The van der Waals surface area contributed by atoms with Gasteiger partial charge in [0.25, 0.3) is 0 Å². The number of carbonyl (C=O) groups excluding carboxylic acids is 1. The van der Waals surface area contributed by atoms with E-state index in [-0.39, 0.29) is 24.5 Å². The van der Waals surface area contributed by atoms with Crippen molar-refractivity contribution in [1.29, 1.82) is 0 Å². The fourth-order valence-electron chi connectivity index (χ4n) is 1.91. The molecule has 2 atom stereocenters. The summed E-state index contributed by atoms with van der Waals surface area (Å²) in [5.74, 6) is -0.276. The molecule has 2 heterocycles. The molecule has 0 aromatic rings. The van der Waals surface area contributed by atoms with Gasteiger partial charge in [-0.1, -0.05) is 12.2 Å². The maximum atomic E-state index is 10.7. The average molecular weight is 242 g/mol. The Morgan fingerprint density at radius 1 is 1.41 bits per heavy atom. The Morgan fingerprint density at radius 3 is 2.88 bits per heavy atom. The lowest BCUT2D eigenvalue weighted by Gasteiger charge is -2.26. The van der Waals surface area contributed by atoms with Crippen LogP contribution in [-0.4, -0.2) is 44.3 Å². The molecule has 0 amide bonds. The summed E-state index contributed by atoms with van der Waals surface area (Å²) in [7, 11) is 0. The van der Waals surface area contributed by atoms with Crippen molar-refractivity contribution in [3.63, 3.8) is 0 Å². The minimum absolute atomic E-state index is 0.0209. The third kappa shape index (κ3) is 4.11. The molecule has 0 aromatic heterocycles. The van der Waals surface area contributed by atoms with Crippen LogP contribution >= 0.6 is 0 Å². The predicted molar refractivity (Wildman–Crippen MR) is 59.4 cm³/mol. The fraction of sp³-hybridized carbons (Fsp3) is 0.750. The molecule has 0 radical (unpaired) electrons. The zero-order valence-electron chi connectivity index (χ0n) is 9.96. The van der Waals surface area contributed by atoms with Gasteiger partial charge in [-0.3, -0.25) is 4.79 Å². The number of ether oxygens (including phenoxy) is 4. The second kappa shape index (κ2) is 6.14. The quantitative estimate of drug-likeness (QED) is 0.544. The van der Waals surface area contributed by atoms with E-state index >= 15 is 0 Å². The molecule has 0 saturated carbocycles. The Balaban J connectivity index is 1.74. The summed E-state index contributed by atoms with van der Waals surface area (Å²) in [6.45, 7) is 3.01. The van der Waals surface area contributed by atoms with Crippen LogP contribution in [0, 0.1) is 0 Å². The van der Waals surface area contributed by atoms with Gasteiger partial charge in [0.05, 0.1) is 25.4 Å². The molecule has 0 spiro atoms. The Bertz CT molecular complexity index is 283. The number of hydrogen-bond acceptors (Lipinski definition) is 5. The molecule has 0 N–H and O–H groups in total. The van der Waals surface area contributed by atoms with Gasteiger partial charge < -0.3 is 18.9 Å². The van der Waals surface area contributed by atoms with E-state index in [9.17, 15) is 4.79 Å². The third-order valence-electron chi connectivity index (χ3n) is 2.71. The molecule has 5 heteroatoms. The van der Waals surface area contributed by atoms with Crippen molar-refractivity contribution < 1.29 is 23.7 Å². The monoisotopic (exact) mass is 242 g/mol. The Kier molecular flexibility index (Phi) is 4.53. The minimum Gasteiger partial charge on any atom is -0.463 e. The molecule has 0 aromatic carbocycles. The summed E-state index contributed by atoms with van der Waals surface area (Å²) >= 11 is 0. The molecule has 1 fully saturated rings. The average Bonchev–Trinajstić information content (AvgIpc) is 2.80. The smallest absolute Gasteiger partial charge is 0.302 e. The van der Waals surface area contributed by atoms with E-state index in [2.05, 4.69) is 6.08 Å². The molecule has 0 aliphatic carbocycles. The zero-order valence-corrected chi connectivity index (χ0v) is 9.96. The summed E-state index contributed by atoms with van der Waals surface area (Å²) in [6, 6.07) is 0. The van der Waals surface area contributed by atoms with Crippen LogP contribution in [0.5, 0.6) is 0 Å². The van der Waals surface area contributed by atoms with Crippen LogP contribution < -0.4 is 0 Å². The highest BCUT2D eigenvalue weighted by Crippen LogP contribution is 2.19. The molecule has 17 heavy (non-hydrogen) atoms. The van der Waals surface area contributed by atoms with E-state index in [1.54, 1.807) is 0 Å². The molecular formula is C12H18O5. The van der Waals surface area contributed by atoms with Crippen LogP contribution in [0.3, 0.4) is 0 Å². The normalized spacial score (nSPS) is 29.5. The first-order valence-corrected chi connectivity index (χ1v) is 5.92. The first-order chi connectivity index (χ1) is 8.24. The Labute approximate surface area is 101 Å². The molecule has 2 aliphatic heterocycles. The fourth-order valence-corrected chi connectivity index (χ4v) is 1.91. The molecular weight excluding hydrogens is 224 g/mol. The Hall–Kier alpha value is -0.910. The van der Waals surface area contributed by atoms with Crippen molar-refractivity contribution in [3.8, 4) is 0 Å². The summed E-state index contributed by atoms with van der Waals surface area (Å²) in [5.41, 5.74) is 0. The van der Waals surface area contributed by atoms with Crippen LogP contribution in [0.25, 0.3) is 0 Å². The van der Waals surface area contributed by atoms with Crippen molar-refractivity contribution in [2.24, 2.45) is 0 Å². The lowest BCUT2D eigenvalue weighted by molar-refractivity contribution is -0.148. The molecule has 96 valence electrons. The Morgan fingerprint density at radius 2 is 2.18 bits per heavy atom. The van der Waals surface area contributed by atoms with Crippen LogP contribution in [0.4, 0.5) is 0 Å². The van der Waals surface area contributed by atoms with Crippen molar-refractivity contribution in [3.05, 3.63) is 12.2 Å². The first kappa shape index (κ1) is 12.5. The highest BCUT2D eigenvalue weighted by Gasteiger charge is 2.25. The van der Waals surface area contributed by atoms with Gasteiger partial charge in [-0.05, 0) is 6.42 Å². The second-order valence-corrected chi connectivity index (χ2v) is 4.17. The van der Waals surface area contributed by atoms with Crippen molar-refractivity contribution in [1.82, 2.24) is 0 Å². The SMILES string of the molecule is CC(=O)OCC1CC=CC(CC2OCCO2)O1. The molecule has 5 nitrogen and oxygen atoms in total. The predicted octanol–water partition coefficient (Wildman–Crippen LogP) is 1.03. The zero-order chi connectivity index (χ0) is 12.1. The van der Waals surface area contributed by atoms with E-state index in [1.807, 2.05) is 6.08 Å². The molecule has 2 unspecified atom stereocenters. The van der Waals surface area contributed by atoms with Gasteiger partial charge in [0.15, 0.2) is 6.29 Å². The largest absolute Gasteiger partial charge is 0.463 e. The van der Waals surface area contributed by atoms with Crippen LogP contribution in [0.2, 0.25) is 0 Å². The molecule has 0 bridgehead atoms. The highest BCUT2D eigenvalue weighted by molar-refractivity contribution is 5.65. The van der Waals surface area contributed by atoms with Gasteiger partial charge in [-0.25, -0.2) is 0 Å². The number of carbonyl (C=O) groups is 1. The summed E-state index contributed by atoms with van der Waals surface area (Å²) in [5, 5.41) is 0. The van der Waals surface area contributed by atoms with Gasteiger partial charge in [-0.2, -0.15) is 0 Å². The topological polar surface area (TPSA) is 54.0 Å². The number of esters is 1. The standard InChI is InChI=1S/C12H18O5/c1-9(13)16-8-11-4-2-3-10(17-11)7-12-14-5-6-15-12/h2-3,10-12H,4-8H2,1H3. The molecule has 2 aliphatic rings. The van der Waals surface area contributed by atoms with Gasteiger partial charge in [0.1, 0.15) is 6.61 Å². The van der Waals surface area contributed by atoms with Crippen LogP contribution in [0.15, 0.2) is 12.2 Å². The van der Waals surface area contributed by atoms with E-state index < -0.39 is 0 Å². The third-order valence-corrected chi connectivity index (χ3v) is 2.71. The number of hydrogen-bond donors (Lipinski definition) is 0. The number of rotatable bonds is 4. The van der Waals surface area contributed by atoms with Crippen molar-refractivity contribution in [2.45, 2.75) is 38.3 Å². The van der Waals surface area contributed by atoms with Gasteiger partial charge in [0, 0.05) is 13.3 Å². The van der Waals surface area contributed by atoms with Gasteiger partial charge >= 0.3 is 5.97 Å². The van der Waals surface area contributed by atoms with E-state index in [4.69, 9.17) is 18.9 Å². The van der Waals surface area contributed by atoms with Gasteiger partial charge in [0.2, 0.25) is 0 Å². The lowest BCUT2D eigenvalue weighted by Crippen LogP contribution is -2.31. The summed E-state index contributed by atoms with van der Waals surface area (Å²) in [4.78, 5) is 10.7. The molecule has 2 rings (SSSR count). The van der Waals surface area contributed by atoms with Crippen molar-refractivity contribution in [2.75, 3.05) is 19.8 Å². The lowest BCUT2D eigenvalue weighted by atomic mass is 10.1. The van der Waals surface area contributed by atoms with E-state index in [0.717, 1.165) is 6.42 Å². The summed E-state index contributed by atoms with van der Waals surface area (Å²) in [6.07, 6.45) is 5.27. The van der Waals surface area contributed by atoms with E-state index in [1.165, 1.54) is 6.92 Å². The highest BCUT2D eigenvalue weighted by atomic mass is 16.7. The van der Waals surface area contributed by atoms with Gasteiger partial charge in [-0.15, -0.1) is 0 Å². The maximum Gasteiger partial charge on any atom is 0.302 e. The first-order valence-electron chi connectivity index (χ1n) is 5.92. The van der Waals surface area contributed by atoms with E-state index in [0.29, 0.717) is 26.2 Å². The van der Waals surface area contributed by atoms with Crippen LogP contribution in [-0.2, 0) is 23.7 Å². The summed E-state index contributed by atoms with van der Waals surface area (Å²) < 4.78 is 21.4. The van der Waals surface area contributed by atoms with Crippen LogP contribution in [0.1, 0.15) is 19.8 Å². The minimum atomic E-state index is -0.276. The second-order valence-electron chi connectivity index (χ2n) is 4.17.